The fraction of sp³-hybridized carbons (Fsp3) is 0.357. The second-order valence-corrected chi connectivity index (χ2v) is 4.93. The molecule has 0 saturated carbocycles. The van der Waals surface area contributed by atoms with Crippen molar-refractivity contribution in [3.05, 3.63) is 30.2 Å². The maximum atomic E-state index is 12.3. The van der Waals surface area contributed by atoms with Gasteiger partial charge in [-0.2, -0.15) is 0 Å². The second kappa shape index (κ2) is 5.53. The highest BCUT2D eigenvalue weighted by molar-refractivity contribution is 6.02. The van der Waals surface area contributed by atoms with Gasteiger partial charge in [0.15, 0.2) is 6.04 Å². The van der Waals surface area contributed by atoms with Crippen molar-refractivity contribution in [3.8, 4) is 0 Å². The minimum atomic E-state index is -0.908. The van der Waals surface area contributed by atoms with E-state index in [-0.39, 0.29) is 5.91 Å². The number of fused-ring (bicyclic) bond motifs is 1. The fourth-order valence-corrected chi connectivity index (χ4v) is 2.51. The molecule has 1 aliphatic heterocycles. The standard InChI is InChI=1S/C14H16N4O3/c1-21-14(20)12-13(19)18(5-4-16-12)8-10-6-9-7-15-3-2-11(9)17-10/h2-3,6-7,12,16-17H,4-5,8H2,1H3. The number of amides is 1. The number of pyridine rings is 1. The van der Waals surface area contributed by atoms with Crippen molar-refractivity contribution in [2.75, 3.05) is 20.2 Å². The molecular weight excluding hydrogens is 272 g/mol. The minimum Gasteiger partial charge on any atom is -0.467 e. The predicted octanol–water partition coefficient (Wildman–Crippen LogP) is 0.0363. The van der Waals surface area contributed by atoms with Gasteiger partial charge in [0.25, 0.3) is 5.91 Å². The Kier molecular flexibility index (Phi) is 3.57. The van der Waals surface area contributed by atoms with Crippen LogP contribution in [0.3, 0.4) is 0 Å². The fourth-order valence-electron chi connectivity index (χ4n) is 2.51. The molecule has 0 bridgehead atoms. The van der Waals surface area contributed by atoms with Crippen LogP contribution < -0.4 is 5.32 Å². The van der Waals surface area contributed by atoms with Gasteiger partial charge >= 0.3 is 5.97 Å². The lowest BCUT2D eigenvalue weighted by molar-refractivity contribution is -0.152. The lowest BCUT2D eigenvalue weighted by Crippen LogP contribution is -2.58. The maximum absolute atomic E-state index is 12.3. The lowest BCUT2D eigenvalue weighted by atomic mass is 10.2. The third kappa shape index (κ3) is 2.59. The molecule has 1 atom stereocenters. The molecule has 21 heavy (non-hydrogen) atoms. The highest BCUT2D eigenvalue weighted by atomic mass is 16.5. The van der Waals surface area contributed by atoms with Crippen molar-refractivity contribution >= 4 is 22.8 Å². The molecular formula is C14H16N4O3. The van der Waals surface area contributed by atoms with E-state index in [0.29, 0.717) is 19.6 Å². The summed E-state index contributed by atoms with van der Waals surface area (Å²) in [5.41, 5.74) is 1.89. The number of aromatic nitrogens is 2. The number of carbonyl (C=O) groups excluding carboxylic acids is 2. The Morgan fingerprint density at radius 2 is 2.43 bits per heavy atom. The highest BCUT2D eigenvalue weighted by Gasteiger charge is 2.34. The second-order valence-electron chi connectivity index (χ2n) is 4.93. The summed E-state index contributed by atoms with van der Waals surface area (Å²) in [6.07, 6.45) is 3.48. The summed E-state index contributed by atoms with van der Waals surface area (Å²) in [6.45, 7) is 1.55. The molecule has 2 aromatic heterocycles. The first-order valence-electron chi connectivity index (χ1n) is 6.70. The number of piperazine rings is 1. The molecule has 1 amide bonds. The van der Waals surface area contributed by atoms with Crippen LogP contribution in [0.2, 0.25) is 0 Å². The summed E-state index contributed by atoms with van der Waals surface area (Å²) in [6, 6.07) is 2.94. The number of nitrogens with zero attached hydrogens (tertiary/aromatic N) is 2. The largest absolute Gasteiger partial charge is 0.467 e. The first kappa shape index (κ1) is 13.6. The number of H-pyrrole nitrogens is 1. The van der Waals surface area contributed by atoms with Crippen LogP contribution in [0.1, 0.15) is 5.69 Å². The van der Waals surface area contributed by atoms with Crippen LogP contribution in [0.15, 0.2) is 24.5 Å². The van der Waals surface area contributed by atoms with E-state index >= 15 is 0 Å². The Bertz CT molecular complexity index is 649. The highest BCUT2D eigenvalue weighted by Crippen LogP contribution is 2.16. The molecule has 2 aromatic rings. The molecule has 3 rings (SSSR count). The zero-order valence-corrected chi connectivity index (χ0v) is 11.6. The number of esters is 1. The van der Waals surface area contributed by atoms with Gasteiger partial charge in [-0.1, -0.05) is 0 Å². The van der Waals surface area contributed by atoms with Gasteiger partial charge < -0.3 is 14.6 Å². The topological polar surface area (TPSA) is 87.3 Å². The van der Waals surface area contributed by atoms with E-state index in [2.05, 4.69) is 20.0 Å². The molecule has 7 heteroatoms. The average molecular weight is 288 g/mol. The van der Waals surface area contributed by atoms with Gasteiger partial charge in [0, 0.05) is 42.1 Å². The molecule has 110 valence electrons. The molecule has 0 spiro atoms. The van der Waals surface area contributed by atoms with Crippen LogP contribution in [0.4, 0.5) is 0 Å². The molecule has 7 nitrogen and oxygen atoms in total. The van der Waals surface area contributed by atoms with E-state index in [1.807, 2.05) is 12.1 Å². The van der Waals surface area contributed by atoms with Crippen molar-refractivity contribution in [3.63, 3.8) is 0 Å². The smallest absolute Gasteiger partial charge is 0.332 e. The summed E-state index contributed by atoms with van der Waals surface area (Å²) in [4.78, 5) is 32.8. The van der Waals surface area contributed by atoms with Crippen LogP contribution in [0.25, 0.3) is 10.9 Å². The SMILES string of the molecule is COC(=O)C1NCCN(Cc2cc3cnccc3[nH]2)C1=O. The molecule has 3 heterocycles. The van der Waals surface area contributed by atoms with Crippen molar-refractivity contribution in [1.82, 2.24) is 20.2 Å². The van der Waals surface area contributed by atoms with Crippen LogP contribution in [0, 0.1) is 0 Å². The van der Waals surface area contributed by atoms with Gasteiger partial charge in [-0.05, 0) is 12.1 Å². The number of ether oxygens (including phenoxy) is 1. The van der Waals surface area contributed by atoms with Crippen LogP contribution >= 0.6 is 0 Å². The lowest BCUT2D eigenvalue weighted by Gasteiger charge is -2.31. The maximum Gasteiger partial charge on any atom is 0.332 e. The number of aromatic amines is 1. The summed E-state index contributed by atoms with van der Waals surface area (Å²) in [5, 5.41) is 3.88. The first-order chi connectivity index (χ1) is 10.2. The van der Waals surface area contributed by atoms with E-state index in [1.54, 1.807) is 17.3 Å². The first-order valence-corrected chi connectivity index (χ1v) is 6.70. The molecule has 1 saturated heterocycles. The van der Waals surface area contributed by atoms with E-state index in [0.717, 1.165) is 16.6 Å². The number of hydrogen-bond acceptors (Lipinski definition) is 5. The van der Waals surface area contributed by atoms with E-state index in [9.17, 15) is 9.59 Å². The molecule has 0 aliphatic carbocycles. The van der Waals surface area contributed by atoms with E-state index in [4.69, 9.17) is 0 Å². The number of nitrogens with one attached hydrogen (secondary N) is 2. The minimum absolute atomic E-state index is 0.259. The van der Waals surface area contributed by atoms with Gasteiger partial charge in [0.1, 0.15) is 0 Å². The molecule has 2 N–H and O–H groups in total. The number of rotatable bonds is 3. The Labute approximate surface area is 121 Å². The van der Waals surface area contributed by atoms with Crippen molar-refractivity contribution in [2.24, 2.45) is 0 Å². The molecule has 0 radical (unpaired) electrons. The third-order valence-electron chi connectivity index (χ3n) is 3.56. The van der Waals surface area contributed by atoms with Crippen LogP contribution in [0.5, 0.6) is 0 Å². The van der Waals surface area contributed by atoms with E-state index < -0.39 is 12.0 Å². The van der Waals surface area contributed by atoms with Gasteiger partial charge in [0.2, 0.25) is 0 Å². The predicted molar refractivity (Wildman–Crippen MR) is 75.3 cm³/mol. The zero-order valence-electron chi connectivity index (χ0n) is 11.6. The van der Waals surface area contributed by atoms with Gasteiger partial charge in [-0.3, -0.25) is 15.1 Å². The normalized spacial score (nSPS) is 19.0. The van der Waals surface area contributed by atoms with Crippen LogP contribution in [-0.4, -0.2) is 53.0 Å². The molecule has 1 unspecified atom stereocenters. The zero-order chi connectivity index (χ0) is 14.8. The monoisotopic (exact) mass is 288 g/mol. The number of methoxy groups -OCH3 is 1. The average Bonchev–Trinajstić information content (AvgIpc) is 2.91. The third-order valence-corrected chi connectivity index (χ3v) is 3.56. The van der Waals surface area contributed by atoms with Gasteiger partial charge in [-0.15, -0.1) is 0 Å². The van der Waals surface area contributed by atoms with Crippen LogP contribution in [-0.2, 0) is 20.9 Å². The van der Waals surface area contributed by atoms with Crippen molar-refractivity contribution in [2.45, 2.75) is 12.6 Å². The molecule has 1 aliphatic rings. The Hall–Kier alpha value is -2.41. The number of hydrogen-bond donors (Lipinski definition) is 2. The Balaban J connectivity index is 1.77. The summed E-state index contributed by atoms with van der Waals surface area (Å²) in [5.74, 6) is -0.810. The number of carbonyl (C=O) groups is 2. The van der Waals surface area contributed by atoms with Gasteiger partial charge in [-0.25, -0.2) is 4.79 Å². The summed E-state index contributed by atoms with van der Waals surface area (Å²) in [7, 11) is 1.28. The molecule has 0 aromatic carbocycles. The van der Waals surface area contributed by atoms with Crippen molar-refractivity contribution in [1.29, 1.82) is 0 Å². The Morgan fingerprint density at radius 3 is 3.19 bits per heavy atom. The summed E-state index contributed by atoms with van der Waals surface area (Å²) >= 11 is 0. The Morgan fingerprint density at radius 1 is 1.57 bits per heavy atom. The molecule has 1 fully saturated rings. The van der Waals surface area contributed by atoms with Gasteiger partial charge in [0.05, 0.1) is 13.7 Å². The van der Waals surface area contributed by atoms with Crippen molar-refractivity contribution < 1.29 is 14.3 Å². The summed E-state index contributed by atoms with van der Waals surface area (Å²) < 4.78 is 4.64. The quantitative estimate of drug-likeness (QED) is 0.615. The van der Waals surface area contributed by atoms with E-state index in [1.165, 1.54) is 7.11 Å².